The van der Waals surface area contributed by atoms with Crippen LogP contribution in [0.1, 0.15) is 43.0 Å². The Balaban J connectivity index is 0.00000272. The molecule has 4 nitrogen and oxygen atoms in total. The van der Waals surface area contributed by atoms with Crippen LogP contribution in [-0.2, 0) is 9.53 Å². The van der Waals surface area contributed by atoms with E-state index in [1.165, 1.54) is 5.56 Å². The number of carbonyl (C=O) groups excluding carboxylic acids is 1. The van der Waals surface area contributed by atoms with Crippen LogP contribution in [0, 0.1) is 27.7 Å². The number of nitrogens with zero attached hydrogens (tertiary/aromatic N) is 2. The zero-order valence-corrected chi connectivity index (χ0v) is 19.4. The molecule has 0 aliphatic carbocycles. The second-order valence-electron chi connectivity index (χ2n) is 6.43. The Kier molecular flexibility index (Phi) is 13.5. The van der Waals surface area contributed by atoms with E-state index in [4.69, 9.17) is 4.74 Å². The first kappa shape index (κ1) is 27.7. The smallest absolute Gasteiger partial charge is 0.598 e. The minimum absolute atomic E-state index is 0. The Hall–Kier alpha value is -2.28. The molecule has 0 saturated carbocycles. The molecule has 2 rings (SSSR count). The van der Waals surface area contributed by atoms with Gasteiger partial charge in [-0.3, -0.25) is 0 Å². The molecule has 0 unspecified atom stereocenters. The minimum Gasteiger partial charge on any atom is -0.598 e. The van der Waals surface area contributed by atoms with Crippen molar-refractivity contribution >= 4 is 30.1 Å². The molecule has 0 amide bonds. The third kappa shape index (κ3) is 8.22. The summed E-state index contributed by atoms with van der Waals surface area (Å²) in [6.45, 7) is 17.2. The predicted octanol–water partition coefficient (Wildman–Crippen LogP) is 3.01. The Morgan fingerprint density at radius 2 is 1.60 bits per heavy atom. The summed E-state index contributed by atoms with van der Waals surface area (Å²) < 4.78 is 5.27. The molecule has 2 aromatic carbocycles. The molecule has 0 aliphatic heterocycles. The molecular weight excluding hydrogens is 367 g/mol. The number of ether oxygens (including phenoxy) is 1. The second-order valence-corrected chi connectivity index (χ2v) is 6.43. The van der Waals surface area contributed by atoms with Crippen LogP contribution in [-0.4, -0.2) is 25.8 Å². The topological polar surface area (TPSA) is 41.9 Å². The van der Waals surface area contributed by atoms with E-state index in [9.17, 15) is 4.79 Å². The summed E-state index contributed by atoms with van der Waals surface area (Å²) in [5, 5.41) is 0. The molecular formula is C25H31LiN2O2-2. The fourth-order valence-electron chi connectivity index (χ4n) is 3.07. The van der Waals surface area contributed by atoms with Crippen molar-refractivity contribution in [2.75, 3.05) is 18.0 Å². The van der Waals surface area contributed by atoms with Gasteiger partial charge >= 0.3 is 18.9 Å². The zero-order chi connectivity index (χ0) is 21.8. The van der Waals surface area contributed by atoms with Crippen molar-refractivity contribution in [3.05, 3.63) is 71.3 Å². The van der Waals surface area contributed by atoms with E-state index < -0.39 is 0 Å². The molecule has 0 heterocycles. The third-order valence-corrected chi connectivity index (χ3v) is 4.37. The molecule has 0 N–H and O–H groups in total. The van der Waals surface area contributed by atoms with E-state index in [1.54, 1.807) is 19.3 Å². The molecule has 0 fully saturated rings. The Bertz CT molecular complexity index is 816. The van der Waals surface area contributed by atoms with Crippen LogP contribution in [0.5, 0.6) is 0 Å². The first-order valence-corrected chi connectivity index (χ1v) is 9.84. The van der Waals surface area contributed by atoms with Gasteiger partial charge in [0.05, 0.1) is 0 Å². The average Bonchev–Trinajstić information content (AvgIpc) is 2.72. The van der Waals surface area contributed by atoms with Crippen molar-refractivity contribution < 1.29 is 28.4 Å². The average molecular weight is 398 g/mol. The van der Waals surface area contributed by atoms with Gasteiger partial charge in [-0.25, -0.2) is 6.08 Å². The van der Waals surface area contributed by atoms with Gasteiger partial charge < -0.3 is 26.3 Å². The molecule has 0 aromatic heterocycles. The normalized spacial score (nSPS) is 10.7. The summed E-state index contributed by atoms with van der Waals surface area (Å²) in [5.41, 5.74) is 6.06. The predicted molar refractivity (Wildman–Crippen MR) is 124 cm³/mol. The Morgan fingerprint density at radius 3 is 2.07 bits per heavy atom. The van der Waals surface area contributed by atoms with Crippen molar-refractivity contribution in [3.8, 4) is 0 Å². The maximum atomic E-state index is 11.2. The number of aryl methyl sites for hydroxylation is 3. The first-order chi connectivity index (χ1) is 14.0. The number of hydrogen-bond donors (Lipinski definition) is 0. The molecule has 0 radical (unpaired) electrons. The molecule has 2 aromatic rings. The van der Waals surface area contributed by atoms with Crippen LogP contribution in [0.4, 0.5) is 11.4 Å². The van der Waals surface area contributed by atoms with E-state index in [2.05, 4.69) is 37.1 Å². The minimum atomic E-state index is 0. The van der Waals surface area contributed by atoms with Crippen molar-refractivity contribution in [2.24, 2.45) is 4.99 Å². The molecule has 0 saturated heterocycles. The van der Waals surface area contributed by atoms with E-state index in [0.29, 0.717) is 0 Å². The fourth-order valence-corrected chi connectivity index (χ4v) is 3.07. The Morgan fingerprint density at radius 1 is 1.07 bits per heavy atom. The number of allylic oxidation sites excluding steroid dienone is 1. The summed E-state index contributed by atoms with van der Waals surface area (Å²) in [6.07, 6.45) is 5.92. The molecule has 0 bridgehead atoms. The first-order valence-electron chi connectivity index (χ1n) is 9.84. The molecule has 0 aliphatic rings. The van der Waals surface area contributed by atoms with E-state index in [-0.39, 0.29) is 24.6 Å². The maximum absolute atomic E-state index is 11.2. The summed E-state index contributed by atoms with van der Waals surface area (Å²) in [5.74, 6) is 0.0387. The molecule has 0 atom stereocenters. The zero-order valence-electron chi connectivity index (χ0n) is 19.4. The van der Waals surface area contributed by atoms with Crippen molar-refractivity contribution in [2.45, 2.75) is 41.5 Å². The summed E-state index contributed by atoms with van der Waals surface area (Å²) in [6, 6.07) is 12.0. The molecule has 0 spiro atoms. The summed E-state index contributed by atoms with van der Waals surface area (Å²) in [7, 11) is 0. The second kappa shape index (κ2) is 14.7. The van der Waals surface area contributed by atoms with Gasteiger partial charge in [0.2, 0.25) is 0 Å². The monoisotopic (exact) mass is 398 g/mol. The SMILES string of the molecule is CCN(CC)c1ccc(/C=C(\[C-]=O)O[C-]=Nc2c(C)cc(C)cc2C)cc1.[CH2-]C.[Li+]. The van der Waals surface area contributed by atoms with Crippen molar-refractivity contribution in [1.82, 2.24) is 0 Å². The van der Waals surface area contributed by atoms with Crippen LogP contribution in [0.25, 0.3) is 6.08 Å². The number of benzene rings is 2. The quantitative estimate of drug-likeness (QED) is 0.171. The van der Waals surface area contributed by atoms with Crippen LogP contribution in [0.2, 0.25) is 0 Å². The van der Waals surface area contributed by atoms with Gasteiger partial charge in [0, 0.05) is 18.8 Å². The van der Waals surface area contributed by atoms with Gasteiger partial charge in [0.15, 0.2) is 0 Å². The number of hydrogen-bond acceptors (Lipinski definition) is 4. The molecule has 30 heavy (non-hydrogen) atoms. The van der Waals surface area contributed by atoms with Gasteiger partial charge in [0.25, 0.3) is 0 Å². The maximum Gasteiger partial charge on any atom is 1.00 e. The van der Waals surface area contributed by atoms with Crippen LogP contribution >= 0.6 is 0 Å². The summed E-state index contributed by atoms with van der Waals surface area (Å²) >= 11 is 0. The van der Waals surface area contributed by atoms with E-state index in [0.717, 1.165) is 41.2 Å². The van der Waals surface area contributed by atoms with Crippen LogP contribution in [0.3, 0.4) is 0 Å². The van der Waals surface area contributed by atoms with Gasteiger partial charge in [-0.1, -0.05) is 41.0 Å². The summed E-state index contributed by atoms with van der Waals surface area (Å²) in [4.78, 5) is 17.7. The Labute approximate surface area is 194 Å². The van der Waals surface area contributed by atoms with E-state index in [1.807, 2.05) is 57.2 Å². The third-order valence-electron chi connectivity index (χ3n) is 4.37. The number of aliphatic imine (C=N–C) groups is 1. The van der Waals surface area contributed by atoms with Crippen LogP contribution in [0.15, 0.2) is 47.1 Å². The van der Waals surface area contributed by atoms with Gasteiger partial charge in [-0.05, 0) is 58.7 Å². The van der Waals surface area contributed by atoms with Crippen molar-refractivity contribution in [1.29, 1.82) is 0 Å². The van der Waals surface area contributed by atoms with Gasteiger partial charge in [0.1, 0.15) is 6.40 Å². The number of rotatable bonds is 8. The van der Waals surface area contributed by atoms with E-state index >= 15 is 0 Å². The van der Waals surface area contributed by atoms with Gasteiger partial charge in [-0.15, -0.1) is 11.3 Å². The fraction of sp³-hybridized carbons (Fsp3) is 0.320. The number of anilines is 1. The van der Waals surface area contributed by atoms with Gasteiger partial charge in [-0.2, -0.15) is 6.92 Å². The standard InChI is InChI=1S/C23H26N2O2.C2H5.Li/c1-6-25(7-2)21-10-8-20(9-11-21)14-22(15-26)27-16-24-23-18(4)12-17(3)13-19(23)5;1-2;/h8-14H,6-7H2,1-5H3;1H2,2H3;/q-2;-1;+1/b22-14+;;. The van der Waals surface area contributed by atoms with Crippen LogP contribution < -0.4 is 23.8 Å². The molecule has 156 valence electrons. The largest absolute Gasteiger partial charge is 1.00 e. The molecule has 5 heteroatoms. The van der Waals surface area contributed by atoms with Crippen molar-refractivity contribution in [3.63, 3.8) is 0 Å².